The lowest BCUT2D eigenvalue weighted by molar-refractivity contribution is -0.136. The molecule has 0 unspecified atom stereocenters. The molecule has 0 aromatic rings. The van der Waals surface area contributed by atoms with Gasteiger partial charge in [0.2, 0.25) is 5.91 Å². The molecule has 1 heterocycles. The number of amides is 1. The number of hydrogen-bond donors (Lipinski definition) is 1. The highest BCUT2D eigenvalue weighted by molar-refractivity contribution is 5.79. The third-order valence-electron chi connectivity index (χ3n) is 5.21. The van der Waals surface area contributed by atoms with Crippen LogP contribution in [0.1, 0.15) is 51.9 Å². The standard InChI is InChI=1S/C16H28N2O2/c1-12-2-4-13(5-3-12)18(14-6-7-14)16(20)11-17-9-8-15(19)10-17/h12-15,19H,2-11H2,1H3/t12?,13?,15-/m0/s1. The number of aliphatic hydroxyl groups is 1. The van der Waals surface area contributed by atoms with Gasteiger partial charge in [0, 0.05) is 25.2 Å². The monoisotopic (exact) mass is 280 g/mol. The number of carbonyl (C=O) groups is 1. The fourth-order valence-corrected chi connectivity index (χ4v) is 3.81. The van der Waals surface area contributed by atoms with Crippen molar-refractivity contribution in [2.75, 3.05) is 19.6 Å². The van der Waals surface area contributed by atoms with Gasteiger partial charge in [0.15, 0.2) is 0 Å². The Hall–Kier alpha value is -0.610. The Labute approximate surface area is 122 Å². The largest absolute Gasteiger partial charge is 0.392 e. The minimum absolute atomic E-state index is 0.229. The number of nitrogens with zero attached hydrogens (tertiary/aromatic N) is 2. The first-order valence-electron chi connectivity index (χ1n) is 8.35. The fourth-order valence-electron chi connectivity index (χ4n) is 3.81. The molecule has 1 atom stereocenters. The van der Waals surface area contributed by atoms with Gasteiger partial charge in [0.1, 0.15) is 0 Å². The molecular weight excluding hydrogens is 252 g/mol. The van der Waals surface area contributed by atoms with E-state index in [1.807, 2.05) is 0 Å². The number of hydrogen-bond acceptors (Lipinski definition) is 3. The summed E-state index contributed by atoms with van der Waals surface area (Å²) in [6, 6.07) is 1.01. The lowest BCUT2D eigenvalue weighted by Gasteiger charge is -2.37. The van der Waals surface area contributed by atoms with Crippen molar-refractivity contribution < 1.29 is 9.90 Å². The van der Waals surface area contributed by atoms with Crippen LogP contribution in [0, 0.1) is 5.92 Å². The Morgan fingerprint density at radius 2 is 1.70 bits per heavy atom. The maximum Gasteiger partial charge on any atom is 0.237 e. The lowest BCUT2D eigenvalue weighted by Crippen LogP contribution is -2.47. The molecule has 3 fully saturated rings. The molecule has 0 radical (unpaired) electrons. The molecule has 0 bridgehead atoms. The quantitative estimate of drug-likeness (QED) is 0.851. The predicted molar refractivity (Wildman–Crippen MR) is 78.4 cm³/mol. The van der Waals surface area contributed by atoms with Gasteiger partial charge in [-0.25, -0.2) is 0 Å². The van der Waals surface area contributed by atoms with Crippen molar-refractivity contribution in [2.45, 2.75) is 70.1 Å². The van der Waals surface area contributed by atoms with Gasteiger partial charge in [-0.15, -0.1) is 0 Å². The highest BCUT2D eigenvalue weighted by Gasteiger charge is 2.39. The van der Waals surface area contributed by atoms with E-state index >= 15 is 0 Å². The summed E-state index contributed by atoms with van der Waals surface area (Å²) >= 11 is 0. The minimum Gasteiger partial charge on any atom is -0.392 e. The molecule has 114 valence electrons. The second-order valence-corrected chi connectivity index (χ2v) is 7.12. The van der Waals surface area contributed by atoms with Crippen LogP contribution in [0.2, 0.25) is 0 Å². The Morgan fingerprint density at radius 3 is 2.20 bits per heavy atom. The third kappa shape index (κ3) is 3.34. The van der Waals surface area contributed by atoms with E-state index in [-0.39, 0.29) is 6.10 Å². The summed E-state index contributed by atoms with van der Waals surface area (Å²) in [6.07, 6.45) is 7.89. The van der Waals surface area contributed by atoms with Crippen molar-refractivity contribution in [3.63, 3.8) is 0 Å². The van der Waals surface area contributed by atoms with Gasteiger partial charge in [-0.1, -0.05) is 6.92 Å². The molecule has 2 saturated carbocycles. The molecule has 0 aromatic carbocycles. The van der Waals surface area contributed by atoms with Gasteiger partial charge in [0.05, 0.1) is 12.6 Å². The average molecular weight is 280 g/mol. The summed E-state index contributed by atoms with van der Waals surface area (Å²) in [4.78, 5) is 17.0. The third-order valence-corrected chi connectivity index (χ3v) is 5.21. The van der Waals surface area contributed by atoms with Crippen LogP contribution in [0.15, 0.2) is 0 Å². The first-order chi connectivity index (χ1) is 9.63. The first kappa shape index (κ1) is 14.3. The number of aliphatic hydroxyl groups excluding tert-OH is 1. The van der Waals surface area contributed by atoms with Crippen LogP contribution in [0.5, 0.6) is 0 Å². The zero-order chi connectivity index (χ0) is 14.1. The van der Waals surface area contributed by atoms with Crippen molar-refractivity contribution in [3.05, 3.63) is 0 Å². The molecule has 3 aliphatic rings. The van der Waals surface area contributed by atoms with E-state index in [2.05, 4.69) is 16.7 Å². The molecule has 20 heavy (non-hydrogen) atoms. The molecule has 0 aromatic heterocycles. The van der Waals surface area contributed by atoms with Crippen LogP contribution in [0.25, 0.3) is 0 Å². The molecule has 1 N–H and O–H groups in total. The Balaban J connectivity index is 1.57. The van der Waals surface area contributed by atoms with Crippen molar-refractivity contribution in [1.29, 1.82) is 0 Å². The van der Waals surface area contributed by atoms with Crippen LogP contribution >= 0.6 is 0 Å². The molecule has 4 heteroatoms. The van der Waals surface area contributed by atoms with E-state index in [1.54, 1.807) is 0 Å². The number of β-amino-alcohol motifs (C(OH)–C–C–N with tert-alkyl or cyclic N) is 1. The fraction of sp³-hybridized carbons (Fsp3) is 0.938. The van der Waals surface area contributed by atoms with Gasteiger partial charge >= 0.3 is 0 Å². The van der Waals surface area contributed by atoms with Gasteiger partial charge in [-0.2, -0.15) is 0 Å². The molecule has 1 amide bonds. The highest BCUT2D eigenvalue weighted by Crippen LogP contribution is 2.35. The average Bonchev–Trinajstić information content (AvgIpc) is 3.16. The molecule has 3 rings (SSSR count). The number of carbonyl (C=O) groups excluding carboxylic acids is 1. The zero-order valence-corrected chi connectivity index (χ0v) is 12.6. The summed E-state index contributed by atoms with van der Waals surface area (Å²) < 4.78 is 0. The lowest BCUT2D eigenvalue weighted by atomic mass is 9.86. The van der Waals surface area contributed by atoms with Gasteiger partial charge < -0.3 is 10.0 Å². The van der Waals surface area contributed by atoms with E-state index in [4.69, 9.17) is 0 Å². The number of rotatable bonds is 4. The maximum absolute atomic E-state index is 12.7. The molecule has 2 aliphatic carbocycles. The van der Waals surface area contributed by atoms with E-state index in [0.29, 0.717) is 31.1 Å². The Kier molecular flexibility index (Phi) is 4.32. The summed E-state index contributed by atoms with van der Waals surface area (Å²) in [5.41, 5.74) is 0. The maximum atomic E-state index is 12.7. The Bertz CT molecular complexity index is 348. The molecular formula is C16H28N2O2. The van der Waals surface area contributed by atoms with Crippen LogP contribution in [-0.2, 0) is 4.79 Å². The van der Waals surface area contributed by atoms with Crippen molar-refractivity contribution in [3.8, 4) is 0 Å². The number of likely N-dealkylation sites (tertiary alicyclic amines) is 1. The van der Waals surface area contributed by atoms with Crippen molar-refractivity contribution in [2.24, 2.45) is 5.92 Å². The predicted octanol–water partition coefficient (Wildman–Crippen LogP) is 1.62. The van der Waals surface area contributed by atoms with Crippen LogP contribution in [0.4, 0.5) is 0 Å². The molecule has 1 saturated heterocycles. The summed E-state index contributed by atoms with van der Waals surface area (Å²) in [7, 11) is 0. The highest BCUT2D eigenvalue weighted by atomic mass is 16.3. The molecule has 0 spiro atoms. The van der Waals surface area contributed by atoms with E-state index < -0.39 is 0 Å². The topological polar surface area (TPSA) is 43.8 Å². The molecule has 4 nitrogen and oxygen atoms in total. The molecule has 1 aliphatic heterocycles. The summed E-state index contributed by atoms with van der Waals surface area (Å²) in [5, 5.41) is 9.58. The van der Waals surface area contributed by atoms with Crippen LogP contribution < -0.4 is 0 Å². The smallest absolute Gasteiger partial charge is 0.237 e. The van der Waals surface area contributed by atoms with Gasteiger partial charge in [-0.3, -0.25) is 9.69 Å². The van der Waals surface area contributed by atoms with Crippen molar-refractivity contribution in [1.82, 2.24) is 9.80 Å². The summed E-state index contributed by atoms with van der Waals surface area (Å²) in [5.74, 6) is 1.14. The first-order valence-corrected chi connectivity index (χ1v) is 8.35. The normalized spacial score (nSPS) is 35.2. The SMILES string of the molecule is CC1CCC(N(C(=O)CN2CC[C@H](O)C2)C2CC2)CC1. The Morgan fingerprint density at radius 1 is 1.10 bits per heavy atom. The van der Waals surface area contributed by atoms with Crippen molar-refractivity contribution >= 4 is 5.91 Å². The second kappa shape index (κ2) is 6.02. The van der Waals surface area contributed by atoms with E-state index in [1.165, 1.54) is 38.5 Å². The zero-order valence-electron chi connectivity index (χ0n) is 12.6. The van der Waals surface area contributed by atoms with E-state index in [9.17, 15) is 9.90 Å². The van der Waals surface area contributed by atoms with E-state index in [0.717, 1.165) is 18.9 Å². The second-order valence-electron chi connectivity index (χ2n) is 7.12. The van der Waals surface area contributed by atoms with Gasteiger partial charge in [-0.05, 0) is 50.9 Å². The summed E-state index contributed by atoms with van der Waals surface area (Å²) in [6.45, 7) is 4.38. The van der Waals surface area contributed by atoms with Crippen LogP contribution in [0.3, 0.4) is 0 Å². The van der Waals surface area contributed by atoms with Crippen LogP contribution in [-0.4, -0.2) is 58.6 Å². The van der Waals surface area contributed by atoms with Gasteiger partial charge in [0.25, 0.3) is 0 Å². The minimum atomic E-state index is -0.229.